The van der Waals surface area contributed by atoms with Crippen LogP contribution in [0.25, 0.3) is 0 Å². The molecule has 8 nitrogen and oxygen atoms in total. The van der Waals surface area contributed by atoms with Gasteiger partial charge in [-0.15, -0.1) is 0 Å². The molecule has 0 saturated heterocycles. The van der Waals surface area contributed by atoms with Crippen LogP contribution in [0.15, 0.2) is 54.7 Å². The number of nitrogens with two attached hydrogens (primary N) is 1. The second-order valence-corrected chi connectivity index (χ2v) is 8.09. The van der Waals surface area contributed by atoms with Gasteiger partial charge in [0.25, 0.3) is 5.91 Å². The first-order valence-corrected chi connectivity index (χ1v) is 10.6. The molecule has 1 atom stereocenters. The summed E-state index contributed by atoms with van der Waals surface area (Å²) in [6.07, 6.45) is 3.18. The normalized spacial score (nSPS) is 13.8. The molecule has 4 rings (SSSR count). The predicted octanol–water partition coefficient (Wildman–Crippen LogP) is 4.49. The van der Waals surface area contributed by atoms with E-state index in [2.05, 4.69) is 25.9 Å². The molecule has 1 aliphatic rings. The number of aromatic nitrogens is 2. The number of halogens is 1. The molecule has 9 heteroatoms. The van der Waals surface area contributed by atoms with Crippen LogP contribution in [-0.2, 0) is 4.79 Å². The van der Waals surface area contributed by atoms with Gasteiger partial charge in [0.05, 0.1) is 16.3 Å². The highest BCUT2D eigenvalue weighted by Crippen LogP contribution is 2.33. The molecule has 2 aromatic carbocycles. The van der Waals surface area contributed by atoms with Crippen molar-refractivity contribution in [1.29, 1.82) is 0 Å². The van der Waals surface area contributed by atoms with Gasteiger partial charge in [0.2, 0.25) is 11.9 Å². The molecule has 0 unspecified atom stereocenters. The number of nitrogens with one attached hydrogen (secondary N) is 3. The first-order chi connectivity index (χ1) is 15.4. The minimum Gasteiger partial charge on any atom is -0.365 e. The maximum absolute atomic E-state index is 12.1. The molecule has 1 heterocycles. The van der Waals surface area contributed by atoms with Gasteiger partial charge in [-0.25, -0.2) is 4.98 Å². The molecule has 0 bridgehead atoms. The maximum Gasteiger partial charge on any atom is 0.254 e. The Hall–Kier alpha value is -3.65. The van der Waals surface area contributed by atoms with Crippen LogP contribution in [0.3, 0.4) is 0 Å². The molecule has 0 radical (unpaired) electrons. The minimum absolute atomic E-state index is 0.0347. The van der Waals surface area contributed by atoms with Crippen molar-refractivity contribution in [3.8, 4) is 0 Å². The van der Waals surface area contributed by atoms with E-state index in [1.807, 2.05) is 37.3 Å². The molecule has 2 amide bonds. The summed E-state index contributed by atoms with van der Waals surface area (Å²) in [5.41, 5.74) is 7.87. The van der Waals surface area contributed by atoms with E-state index >= 15 is 0 Å². The van der Waals surface area contributed by atoms with Gasteiger partial charge in [0.1, 0.15) is 5.82 Å². The highest BCUT2D eigenvalue weighted by molar-refractivity contribution is 6.33. The Morgan fingerprint density at radius 3 is 2.59 bits per heavy atom. The summed E-state index contributed by atoms with van der Waals surface area (Å²) in [7, 11) is 0. The molecular weight excluding hydrogens is 428 g/mol. The Kier molecular flexibility index (Phi) is 6.23. The van der Waals surface area contributed by atoms with Crippen LogP contribution in [0.1, 0.15) is 41.7 Å². The average Bonchev–Trinajstić information content (AvgIpc) is 3.62. The SMILES string of the molecule is C[C@@H](Nc1nc(Nc2ccc(Cl)c(NC(=O)C3CC3)c2)ncc1C(N)=O)c1ccccc1. The Morgan fingerprint density at radius 2 is 1.91 bits per heavy atom. The lowest BCUT2D eigenvalue weighted by atomic mass is 10.1. The standard InChI is InChI=1S/C23H23ClN6O2/c1-13(14-5-3-2-4-6-14)27-21-17(20(25)31)12-26-23(30-21)28-16-9-10-18(24)19(11-16)29-22(32)15-7-8-15/h2-6,9-13,15H,7-8H2,1H3,(H2,25,31)(H,29,32)(H2,26,27,28,30)/t13-/m1/s1. The Morgan fingerprint density at radius 1 is 1.16 bits per heavy atom. The number of rotatable bonds is 8. The number of amides is 2. The van der Waals surface area contributed by atoms with Gasteiger partial charge in [0, 0.05) is 23.8 Å². The van der Waals surface area contributed by atoms with E-state index in [-0.39, 0.29) is 29.4 Å². The molecule has 1 saturated carbocycles. The first-order valence-electron chi connectivity index (χ1n) is 10.3. The van der Waals surface area contributed by atoms with Crippen molar-refractivity contribution in [2.75, 3.05) is 16.0 Å². The summed E-state index contributed by atoms with van der Waals surface area (Å²) < 4.78 is 0. The fourth-order valence-electron chi connectivity index (χ4n) is 3.17. The van der Waals surface area contributed by atoms with Crippen molar-refractivity contribution in [2.24, 2.45) is 11.7 Å². The topological polar surface area (TPSA) is 122 Å². The summed E-state index contributed by atoms with van der Waals surface area (Å²) in [6.45, 7) is 1.96. The average molecular weight is 451 g/mol. The van der Waals surface area contributed by atoms with Crippen molar-refractivity contribution >= 4 is 46.6 Å². The van der Waals surface area contributed by atoms with Gasteiger partial charge in [-0.3, -0.25) is 9.59 Å². The zero-order valence-electron chi connectivity index (χ0n) is 17.4. The molecule has 1 fully saturated rings. The molecule has 5 N–H and O–H groups in total. The van der Waals surface area contributed by atoms with Gasteiger partial charge in [-0.2, -0.15) is 4.98 Å². The molecule has 1 aromatic heterocycles. The molecule has 32 heavy (non-hydrogen) atoms. The minimum atomic E-state index is -0.629. The molecule has 0 aliphatic heterocycles. The number of carbonyl (C=O) groups excluding carboxylic acids is 2. The van der Waals surface area contributed by atoms with E-state index < -0.39 is 5.91 Å². The largest absolute Gasteiger partial charge is 0.365 e. The number of anilines is 4. The number of benzene rings is 2. The summed E-state index contributed by atoms with van der Waals surface area (Å²) >= 11 is 6.23. The fraction of sp³-hybridized carbons (Fsp3) is 0.217. The van der Waals surface area contributed by atoms with Crippen LogP contribution in [0.2, 0.25) is 5.02 Å². The van der Waals surface area contributed by atoms with Gasteiger partial charge in [-0.1, -0.05) is 41.9 Å². The highest BCUT2D eigenvalue weighted by Gasteiger charge is 2.30. The van der Waals surface area contributed by atoms with Crippen LogP contribution in [0.4, 0.5) is 23.1 Å². The van der Waals surface area contributed by atoms with Crippen molar-refractivity contribution in [2.45, 2.75) is 25.8 Å². The summed E-state index contributed by atoms with van der Waals surface area (Å²) in [4.78, 5) is 32.6. The number of hydrogen-bond acceptors (Lipinski definition) is 6. The zero-order chi connectivity index (χ0) is 22.7. The third-order valence-electron chi connectivity index (χ3n) is 5.14. The predicted molar refractivity (Wildman–Crippen MR) is 125 cm³/mol. The molecule has 1 aliphatic carbocycles. The number of hydrogen-bond donors (Lipinski definition) is 4. The Balaban J connectivity index is 1.55. The van der Waals surface area contributed by atoms with E-state index in [0.29, 0.717) is 22.2 Å². The molecular formula is C23H23ClN6O2. The Labute approximate surface area is 190 Å². The smallest absolute Gasteiger partial charge is 0.254 e. The van der Waals surface area contributed by atoms with Crippen molar-refractivity contribution in [1.82, 2.24) is 9.97 Å². The second-order valence-electron chi connectivity index (χ2n) is 7.68. The lowest BCUT2D eigenvalue weighted by Crippen LogP contribution is -2.18. The molecule has 164 valence electrons. The zero-order valence-corrected chi connectivity index (χ0v) is 18.2. The number of primary amides is 1. The van der Waals surface area contributed by atoms with Crippen molar-refractivity contribution in [3.05, 3.63) is 70.9 Å². The molecule has 0 spiro atoms. The summed E-state index contributed by atoms with van der Waals surface area (Å²) in [6, 6.07) is 14.8. The lowest BCUT2D eigenvalue weighted by molar-refractivity contribution is -0.117. The van der Waals surface area contributed by atoms with E-state index in [1.54, 1.807) is 18.2 Å². The lowest BCUT2D eigenvalue weighted by Gasteiger charge is -2.17. The fourth-order valence-corrected chi connectivity index (χ4v) is 3.34. The Bertz CT molecular complexity index is 1150. The van der Waals surface area contributed by atoms with Crippen LogP contribution in [-0.4, -0.2) is 21.8 Å². The quantitative estimate of drug-likeness (QED) is 0.401. The monoisotopic (exact) mass is 450 g/mol. The van der Waals surface area contributed by atoms with Crippen molar-refractivity contribution < 1.29 is 9.59 Å². The molecule has 3 aromatic rings. The van der Waals surface area contributed by atoms with Crippen LogP contribution < -0.4 is 21.7 Å². The third kappa shape index (κ3) is 5.15. The van der Waals surface area contributed by atoms with E-state index in [4.69, 9.17) is 17.3 Å². The summed E-state index contributed by atoms with van der Waals surface area (Å²) in [5, 5.41) is 9.61. The maximum atomic E-state index is 12.1. The van der Waals surface area contributed by atoms with E-state index in [9.17, 15) is 9.59 Å². The van der Waals surface area contributed by atoms with Gasteiger partial charge >= 0.3 is 0 Å². The van der Waals surface area contributed by atoms with Gasteiger partial charge in [-0.05, 0) is 43.5 Å². The first kappa shape index (κ1) is 21.6. The van der Waals surface area contributed by atoms with E-state index in [1.165, 1.54) is 6.20 Å². The highest BCUT2D eigenvalue weighted by atomic mass is 35.5. The van der Waals surface area contributed by atoms with Crippen molar-refractivity contribution in [3.63, 3.8) is 0 Å². The van der Waals surface area contributed by atoms with Gasteiger partial charge in [0.15, 0.2) is 0 Å². The third-order valence-corrected chi connectivity index (χ3v) is 5.47. The van der Waals surface area contributed by atoms with Crippen LogP contribution in [0.5, 0.6) is 0 Å². The number of carbonyl (C=O) groups is 2. The summed E-state index contributed by atoms with van der Waals surface area (Å²) in [5.74, 6) is -0.0156. The van der Waals surface area contributed by atoms with Crippen LogP contribution in [0, 0.1) is 5.92 Å². The van der Waals surface area contributed by atoms with Gasteiger partial charge < -0.3 is 21.7 Å². The second kappa shape index (κ2) is 9.23. The van der Waals surface area contributed by atoms with E-state index in [0.717, 1.165) is 18.4 Å². The number of nitrogens with zero attached hydrogens (tertiary/aromatic N) is 2. The van der Waals surface area contributed by atoms with Crippen LogP contribution >= 0.6 is 11.6 Å².